The minimum absolute atomic E-state index is 0.271. The van der Waals surface area contributed by atoms with Gasteiger partial charge in [-0.2, -0.15) is 0 Å². The molecule has 0 saturated carbocycles. The van der Waals surface area contributed by atoms with Gasteiger partial charge in [0.1, 0.15) is 6.04 Å². The summed E-state index contributed by atoms with van der Waals surface area (Å²) in [7, 11) is 3.12. The molecule has 2 atom stereocenters. The van der Waals surface area contributed by atoms with E-state index in [2.05, 4.69) is 10.3 Å². The van der Waals surface area contributed by atoms with Gasteiger partial charge in [0.2, 0.25) is 5.91 Å². The topological polar surface area (TPSA) is 99.2 Å². The first-order valence-corrected chi connectivity index (χ1v) is 6.94. The molecular weight excluding hydrogens is 272 g/mol. The maximum absolute atomic E-state index is 12.0. The van der Waals surface area contributed by atoms with E-state index in [1.165, 1.54) is 7.11 Å². The first kappa shape index (κ1) is 17.2. The lowest BCUT2D eigenvalue weighted by molar-refractivity contribution is -0.145. The van der Waals surface area contributed by atoms with Crippen molar-refractivity contribution in [2.45, 2.75) is 38.8 Å². The normalized spacial score (nSPS) is 13.8. The molecule has 1 amide bonds. The number of nitrogens with one attached hydrogen (secondary N) is 1. The van der Waals surface area contributed by atoms with Gasteiger partial charge >= 0.3 is 5.97 Å². The first-order chi connectivity index (χ1) is 9.83. The number of hydrogen-bond acceptors (Lipinski definition) is 5. The third-order valence-corrected chi connectivity index (χ3v) is 3.04. The summed E-state index contributed by atoms with van der Waals surface area (Å²) in [6.45, 7) is 3.97. The molecule has 0 aliphatic heterocycles. The van der Waals surface area contributed by atoms with Crippen LogP contribution in [0.2, 0.25) is 0 Å². The summed E-state index contributed by atoms with van der Waals surface area (Å²) in [5, 5.41) is 2.64. The molecule has 0 fully saturated rings. The summed E-state index contributed by atoms with van der Waals surface area (Å²) in [5.41, 5.74) is 6.52. The molecule has 118 valence electrons. The molecule has 0 radical (unpaired) electrons. The molecule has 0 unspecified atom stereocenters. The Bertz CT molecular complexity index is 484. The Balaban J connectivity index is 2.70. The zero-order valence-electron chi connectivity index (χ0n) is 13.0. The second kappa shape index (κ2) is 7.78. The molecule has 0 aliphatic carbocycles. The van der Waals surface area contributed by atoms with E-state index < -0.39 is 18.1 Å². The fraction of sp³-hybridized carbons (Fsp3) is 0.643. The third-order valence-electron chi connectivity index (χ3n) is 3.04. The SMILES string of the molecule is COC(=O)[C@H](Cc1cn(C)cn1)NC(=O)[C@@H](N)CC(C)C. The van der Waals surface area contributed by atoms with Gasteiger partial charge in [-0.15, -0.1) is 0 Å². The van der Waals surface area contributed by atoms with E-state index in [-0.39, 0.29) is 12.3 Å². The third kappa shape index (κ3) is 5.55. The van der Waals surface area contributed by atoms with E-state index in [0.29, 0.717) is 18.0 Å². The maximum atomic E-state index is 12.0. The zero-order valence-corrected chi connectivity index (χ0v) is 13.0. The molecule has 3 N–H and O–H groups in total. The number of nitrogens with two attached hydrogens (primary N) is 1. The maximum Gasteiger partial charge on any atom is 0.328 e. The number of aromatic nitrogens is 2. The summed E-state index contributed by atoms with van der Waals surface area (Å²) in [6, 6.07) is -1.42. The van der Waals surface area contributed by atoms with Gasteiger partial charge < -0.3 is 20.4 Å². The summed E-state index contributed by atoms with van der Waals surface area (Å²) in [4.78, 5) is 28.0. The summed E-state index contributed by atoms with van der Waals surface area (Å²) in [5.74, 6) is -0.557. The monoisotopic (exact) mass is 296 g/mol. The number of hydrogen-bond donors (Lipinski definition) is 2. The molecular formula is C14H24N4O3. The molecule has 0 bridgehead atoms. The van der Waals surface area contributed by atoms with Gasteiger partial charge in [-0.1, -0.05) is 13.8 Å². The van der Waals surface area contributed by atoms with Gasteiger partial charge in [-0.25, -0.2) is 9.78 Å². The van der Waals surface area contributed by atoms with Gasteiger partial charge in [-0.3, -0.25) is 4.79 Å². The molecule has 7 heteroatoms. The number of amides is 1. The van der Waals surface area contributed by atoms with E-state index in [1.54, 1.807) is 17.1 Å². The highest BCUT2D eigenvalue weighted by molar-refractivity contribution is 5.87. The highest BCUT2D eigenvalue weighted by Gasteiger charge is 2.25. The number of aryl methyl sites for hydroxylation is 1. The van der Waals surface area contributed by atoms with Gasteiger partial charge in [0.05, 0.1) is 25.2 Å². The lowest BCUT2D eigenvalue weighted by atomic mass is 10.0. The summed E-state index contributed by atoms with van der Waals surface area (Å²) in [6.07, 6.45) is 4.25. The molecule has 0 aliphatic rings. The number of methoxy groups -OCH3 is 1. The minimum Gasteiger partial charge on any atom is -0.467 e. The molecule has 1 aromatic rings. The quantitative estimate of drug-likeness (QED) is 0.690. The van der Waals surface area contributed by atoms with E-state index in [9.17, 15) is 9.59 Å². The van der Waals surface area contributed by atoms with Crippen LogP contribution in [-0.4, -0.2) is 40.6 Å². The van der Waals surface area contributed by atoms with Crippen LogP contribution in [0.5, 0.6) is 0 Å². The predicted octanol–water partition coefficient (Wildman–Crippen LogP) is -0.00620. The van der Waals surface area contributed by atoms with Crippen LogP contribution in [0.3, 0.4) is 0 Å². The fourth-order valence-corrected chi connectivity index (χ4v) is 2.01. The highest BCUT2D eigenvalue weighted by Crippen LogP contribution is 2.05. The molecule has 0 aromatic carbocycles. The van der Waals surface area contributed by atoms with Crippen molar-refractivity contribution in [3.8, 4) is 0 Å². The van der Waals surface area contributed by atoms with Crippen LogP contribution in [0, 0.1) is 5.92 Å². The number of carbonyl (C=O) groups excluding carboxylic acids is 2. The molecule has 1 rings (SSSR count). The molecule has 0 spiro atoms. The largest absolute Gasteiger partial charge is 0.467 e. The number of esters is 1. The highest BCUT2D eigenvalue weighted by atomic mass is 16.5. The number of imidazole rings is 1. The summed E-state index contributed by atoms with van der Waals surface area (Å²) < 4.78 is 6.50. The van der Waals surface area contributed by atoms with Crippen molar-refractivity contribution in [2.24, 2.45) is 18.7 Å². The standard InChI is InChI=1S/C14H24N4O3/c1-9(2)5-11(15)13(19)17-12(14(20)21-4)6-10-7-18(3)8-16-10/h7-9,11-12H,5-6,15H2,1-4H3,(H,17,19)/t11-,12-/m0/s1. The van der Waals surface area contributed by atoms with Gasteiger partial charge in [0.15, 0.2) is 0 Å². The smallest absolute Gasteiger partial charge is 0.328 e. The second-order valence-electron chi connectivity index (χ2n) is 5.55. The van der Waals surface area contributed by atoms with Crippen molar-refractivity contribution in [1.29, 1.82) is 0 Å². The van der Waals surface area contributed by atoms with Crippen molar-refractivity contribution in [3.63, 3.8) is 0 Å². The van der Waals surface area contributed by atoms with Crippen molar-refractivity contribution in [3.05, 3.63) is 18.2 Å². The van der Waals surface area contributed by atoms with E-state index >= 15 is 0 Å². The van der Waals surface area contributed by atoms with Crippen LogP contribution in [-0.2, 0) is 27.8 Å². The Morgan fingerprint density at radius 2 is 2.14 bits per heavy atom. The number of rotatable bonds is 7. The number of ether oxygens (including phenoxy) is 1. The minimum atomic E-state index is -0.782. The molecule has 1 heterocycles. The summed E-state index contributed by atoms with van der Waals surface area (Å²) >= 11 is 0. The molecule has 7 nitrogen and oxygen atoms in total. The average molecular weight is 296 g/mol. The number of nitrogens with zero attached hydrogens (tertiary/aromatic N) is 2. The van der Waals surface area contributed by atoms with Crippen LogP contribution in [0.25, 0.3) is 0 Å². The van der Waals surface area contributed by atoms with Gasteiger partial charge in [0.25, 0.3) is 0 Å². The lowest BCUT2D eigenvalue weighted by Crippen LogP contribution is -2.50. The van der Waals surface area contributed by atoms with Crippen molar-refractivity contribution in [2.75, 3.05) is 7.11 Å². The molecule has 0 saturated heterocycles. The van der Waals surface area contributed by atoms with Crippen LogP contribution in [0.4, 0.5) is 0 Å². The Labute approximate surface area is 124 Å². The average Bonchev–Trinajstić information content (AvgIpc) is 2.81. The van der Waals surface area contributed by atoms with Gasteiger partial charge in [0, 0.05) is 19.7 Å². The predicted molar refractivity (Wildman–Crippen MR) is 78.3 cm³/mol. The Morgan fingerprint density at radius 1 is 1.48 bits per heavy atom. The van der Waals surface area contributed by atoms with Crippen molar-refractivity contribution >= 4 is 11.9 Å². The number of carbonyl (C=O) groups is 2. The Morgan fingerprint density at radius 3 is 2.62 bits per heavy atom. The van der Waals surface area contributed by atoms with Gasteiger partial charge in [-0.05, 0) is 12.3 Å². The van der Waals surface area contributed by atoms with Crippen LogP contribution < -0.4 is 11.1 Å². The van der Waals surface area contributed by atoms with E-state index in [1.807, 2.05) is 20.9 Å². The molecule has 1 aromatic heterocycles. The first-order valence-electron chi connectivity index (χ1n) is 6.94. The fourth-order valence-electron chi connectivity index (χ4n) is 2.01. The molecule has 21 heavy (non-hydrogen) atoms. The van der Waals surface area contributed by atoms with Crippen LogP contribution >= 0.6 is 0 Å². The Hall–Kier alpha value is -1.89. The van der Waals surface area contributed by atoms with Crippen LogP contribution in [0.15, 0.2) is 12.5 Å². The van der Waals surface area contributed by atoms with Crippen molar-refractivity contribution < 1.29 is 14.3 Å². The van der Waals surface area contributed by atoms with Crippen LogP contribution in [0.1, 0.15) is 26.0 Å². The zero-order chi connectivity index (χ0) is 16.0. The second-order valence-corrected chi connectivity index (χ2v) is 5.55. The Kier molecular flexibility index (Phi) is 6.36. The van der Waals surface area contributed by atoms with E-state index in [4.69, 9.17) is 10.5 Å². The van der Waals surface area contributed by atoms with E-state index in [0.717, 1.165) is 0 Å². The van der Waals surface area contributed by atoms with Crippen molar-refractivity contribution in [1.82, 2.24) is 14.9 Å². The lowest BCUT2D eigenvalue weighted by Gasteiger charge is -2.19.